The molecular weight excluding hydrogens is 552 g/mol. The molecule has 1 atom stereocenters. The molecule has 9 rings (SSSR count). The van der Waals surface area contributed by atoms with Gasteiger partial charge in [0.15, 0.2) is 12.0 Å². The van der Waals surface area contributed by atoms with Crippen LogP contribution >= 0.6 is 0 Å². The molecule has 0 aliphatic carbocycles. The van der Waals surface area contributed by atoms with Crippen LogP contribution in [0.2, 0.25) is 0 Å². The molecule has 3 heterocycles. The van der Waals surface area contributed by atoms with E-state index in [1.165, 1.54) is 5.39 Å². The highest BCUT2D eigenvalue weighted by molar-refractivity contribution is 6.18. The highest BCUT2D eigenvalue weighted by Crippen LogP contribution is 2.39. The fourth-order valence-corrected chi connectivity index (χ4v) is 6.70. The number of aliphatic imine (C=N–C) groups is 2. The van der Waals surface area contributed by atoms with Crippen LogP contribution in [0.1, 0.15) is 17.3 Å². The number of rotatable bonds is 3. The Morgan fingerprint density at radius 2 is 1.27 bits per heavy atom. The maximum Gasteiger partial charge on any atom is 0.214 e. The predicted octanol–water partition coefficient (Wildman–Crippen LogP) is 9.66. The van der Waals surface area contributed by atoms with Crippen LogP contribution in [-0.2, 0) is 0 Å². The van der Waals surface area contributed by atoms with Crippen molar-refractivity contribution in [3.63, 3.8) is 0 Å². The van der Waals surface area contributed by atoms with Crippen molar-refractivity contribution in [3.05, 3.63) is 157 Å². The third-order valence-corrected chi connectivity index (χ3v) is 8.85. The van der Waals surface area contributed by atoms with Gasteiger partial charge in [-0.3, -0.25) is 4.57 Å². The van der Waals surface area contributed by atoms with Crippen molar-refractivity contribution in [1.29, 1.82) is 0 Å². The fraction of sp³-hybridized carbons (Fsp3) is 0.0500. The Morgan fingerprint density at radius 1 is 0.578 bits per heavy atom. The molecule has 1 aliphatic heterocycles. The molecule has 6 aromatic carbocycles. The smallest absolute Gasteiger partial charge is 0.214 e. The van der Waals surface area contributed by atoms with Crippen LogP contribution in [0.4, 0.5) is 0 Å². The highest BCUT2D eigenvalue weighted by Gasteiger charge is 2.29. The summed E-state index contributed by atoms with van der Waals surface area (Å²) in [6, 6.07) is 50.6. The lowest BCUT2D eigenvalue weighted by molar-refractivity contribution is 0.372. The number of hydrogen-bond donors (Lipinski definition) is 0. The van der Waals surface area contributed by atoms with Crippen molar-refractivity contribution >= 4 is 55.5 Å². The summed E-state index contributed by atoms with van der Waals surface area (Å²) in [5, 5.41) is 4.59. The lowest BCUT2D eigenvalue weighted by atomic mass is 10.0. The van der Waals surface area contributed by atoms with E-state index in [4.69, 9.17) is 14.4 Å². The standard InChI is InChI=1S/C40H28N4O/c1-43-39(27-15-6-3-7-16-27)41-38(26-13-4-2-5-14-26)42-40(43)44-34-21-10-8-17-30(34)33-25-28(23-24-35(33)44)29-19-12-20-32-31-18-9-11-22-36(31)45-37(29)32/h2-25,39H,1H3. The molecule has 0 saturated heterocycles. The Labute approximate surface area is 260 Å². The van der Waals surface area contributed by atoms with Gasteiger partial charge in [-0.05, 0) is 35.4 Å². The minimum atomic E-state index is -0.227. The summed E-state index contributed by atoms with van der Waals surface area (Å²) in [6.07, 6.45) is -0.227. The van der Waals surface area contributed by atoms with Crippen LogP contribution in [0, 0.1) is 0 Å². The average molecular weight is 581 g/mol. The first-order chi connectivity index (χ1) is 22.2. The molecule has 0 amide bonds. The van der Waals surface area contributed by atoms with Gasteiger partial charge in [0.2, 0.25) is 5.96 Å². The number of furan rings is 1. The van der Waals surface area contributed by atoms with Gasteiger partial charge >= 0.3 is 0 Å². The Bertz CT molecular complexity index is 2450. The second-order valence-electron chi connectivity index (χ2n) is 11.5. The molecule has 0 fully saturated rings. The number of fused-ring (bicyclic) bond motifs is 6. The Kier molecular flexibility index (Phi) is 5.72. The summed E-state index contributed by atoms with van der Waals surface area (Å²) >= 11 is 0. The normalized spacial score (nSPS) is 15.2. The monoisotopic (exact) mass is 580 g/mol. The van der Waals surface area contributed by atoms with Gasteiger partial charge in [-0.1, -0.05) is 121 Å². The first kappa shape index (κ1) is 25.5. The van der Waals surface area contributed by atoms with Crippen molar-refractivity contribution in [1.82, 2.24) is 9.47 Å². The van der Waals surface area contributed by atoms with Gasteiger partial charge in [-0.25, -0.2) is 4.99 Å². The van der Waals surface area contributed by atoms with Gasteiger partial charge in [0.25, 0.3) is 0 Å². The molecule has 0 spiro atoms. The van der Waals surface area contributed by atoms with E-state index >= 15 is 0 Å². The Hall–Kier alpha value is -5.94. The largest absolute Gasteiger partial charge is 0.455 e. The number of para-hydroxylation sites is 3. The third-order valence-electron chi connectivity index (χ3n) is 8.85. The van der Waals surface area contributed by atoms with Crippen LogP contribution in [0.5, 0.6) is 0 Å². The lowest BCUT2D eigenvalue weighted by Gasteiger charge is -2.33. The van der Waals surface area contributed by atoms with Gasteiger partial charge in [0.1, 0.15) is 11.2 Å². The number of aromatic nitrogens is 1. The van der Waals surface area contributed by atoms with E-state index in [1.54, 1.807) is 0 Å². The van der Waals surface area contributed by atoms with E-state index in [-0.39, 0.29) is 6.17 Å². The molecule has 1 unspecified atom stereocenters. The van der Waals surface area contributed by atoms with Crippen LogP contribution in [0.3, 0.4) is 0 Å². The van der Waals surface area contributed by atoms with E-state index in [0.717, 1.165) is 72.4 Å². The minimum Gasteiger partial charge on any atom is -0.455 e. The van der Waals surface area contributed by atoms with Gasteiger partial charge in [0.05, 0.1) is 11.0 Å². The summed E-state index contributed by atoms with van der Waals surface area (Å²) in [5.74, 6) is 1.55. The molecule has 1 aliphatic rings. The highest BCUT2D eigenvalue weighted by atomic mass is 16.3. The van der Waals surface area contributed by atoms with Crippen molar-refractivity contribution in [2.24, 2.45) is 9.98 Å². The molecular formula is C40H28N4O. The average Bonchev–Trinajstić information content (AvgIpc) is 3.65. The van der Waals surface area contributed by atoms with Gasteiger partial charge in [-0.15, -0.1) is 0 Å². The number of hydrogen-bond acceptors (Lipinski definition) is 4. The second-order valence-corrected chi connectivity index (χ2v) is 11.5. The summed E-state index contributed by atoms with van der Waals surface area (Å²) < 4.78 is 8.70. The molecule has 5 heteroatoms. The van der Waals surface area contributed by atoms with Crippen molar-refractivity contribution in [2.75, 3.05) is 7.05 Å². The second kappa shape index (κ2) is 10.1. The molecule has 0 N–H and O–H groups in total. The van der Waals surface area contributed by atoms with E-state index in [9.17, 15) is 0 Å². The predicted molar refractivity (Wildman–Crippen MR) is 185 cm³/mol. The summed E-state index contributed by atoms with van der Waals surface area (Å²) in [6.45, 7) is 0. The number of nitrogens with zero attached hydrogens (tertiary/aromatic N) is 4. The maximum absolute atomic E-state index is 6.42. The molecule has 45 heavy (non-hydrogen) atoms. The lowest BCUT2D eigenvalue weighted by Crippen LogP contribution is -2.39. The Balaban J connectivity index is 1.27. The maximum atomic E-state index is 6.42. The topological polar surface area (TPSA) is 46.0 Å². The van der Waals surface area contributed by atoms with Gasteiger partial charge < -0.3 is 9.32 Å². The van der Waals surface area contributed by atoms with Gasteiger partial charge in [-0.2, -0.15) is 4.99 Å². The molecule has 2 aromatic heterocycles. The zero-order valence-corrected chi connectivity index (χ0v) is 24.6. The quantitative estimate of drug-likeness (QED) is 0.209. The first-order valence-electron chi connectivity index (χ1n) is 15.2. The van der Waals surface area contributed by atoms with Gasteiger partial charge in [0, 0.05) is 39.7 Å². The fourth-order valence-electron chi connectivity index (χ4n) is 6.70. The Morgan fingerprint density at radius 3 is 2.11 bits per heavy atom. The van der Waals surface area contributed by atoms with E-state index in [1.807, 2.05) is 36.4 Å². The van der Waals surface area contributed by atoms with E-state index in [0.29, 0.717) is 0 Å². The van der Waals surface area contributed by atoms with Crippen LogP contribution < -0.4 is 0 Å². The van der Waals surface area contributed by atoms with Crippen molar-refractivity contribution < 1.29 is 4.42 Å². The molecule has 0 radical (unpaired) electrons. The van der Waals surface area contributed by atoms with E-state index in [2.05, 4.69) is 126 Å². The molecule has 0 saturated carbocycles. The minimum absolute atomic E-state index is 0.227. The van der Waals surface area contributed by atoms with Crippen LogP contribution in [0.25, 0.3) is 54.9 Å². The molecule has 5 nitrogen and oxygen atoms in total. The first-order valence-corrected chi connectivity index (χ1v) is 15.2. The zero-order chi connectivity index (χ0) is 29.9. The van der Waals surface area contributed by atoms with Crippen LogP contribution in [-0.4, -0.2) is 28.3 Å². The summed E-state index contributed by atoms with van der Waals surface area (Å²) in [5.41, 5.74) is 8.29. The third kappa shape index (κ3) is 4.01. The number of amidine groups is 1. The van der Waals surface area contributed by atoms with E-state index < -0.39 is 0 Å². The zero-order valence-electron chi connectivity index (χ0n) is 24.6. The molecule has 8 aromatic rings. The van der Waals surface area contributed by atoms with Crippen molar-refractivity contribution in [3.8, 4) is 11.1 Å². The molecule has 0 bridgehead atoms. The number of benzene rings is 6. The molecule has 214 valence electrons. The summed E-state index contributed by atoms with van der Waals surface area (Å²) in [7, 11) is 2.08. The summed E-state index contributed by atoms with van der Waals surface area (Å²) in [4.78, 5) is 12.6. The van der Waals surface area contributed by atoms with Crippen molar-refractivity contribution in [2.45, 2.75) is 6.17 Å². The SMILES string of the molecule is CN1C(n2c3ccccc3c3cc(-c4cccc5c4oc4ccccc45)ccc32)=NC(c2ccccc2)=NC1c1ccccc1. The van der Waals surface area contributed by atoms with Crippen LogP contribution in [0.15, 0.2) is 160 Å².